The summed E-state index contributed by atoms with van der Waals surface area (Å²) in [4.78, 5) is 26.0. The summed E-state index contributed by atoms with van der Waals surface area (Å²) in [5.41, 5.74) is 0. The van der Waals surface area contributed by atoms with Gasteiger partial charge in [0.25, 0.3) is 0 Å². The number of carbonyl (C=O) groups is 2. The van der Waals surface area contributed by atoms with Crippen molar-refractivity contribution in [2.75, 3.05) is 6.61 Å². The van der Waals surface area contributed by atoms with Crippen LogP contribution in [0, 0.1) is 0 Å². The van der Waals surface area contributed by atoms with Gasteiger partial charge in [0.15, 0.2) is 0 Å². The van der Waals surface area contributed by atoms with Crippen molar-refractivity contribution in [2.45, 2.75) is 296 Å². The van der Waals surface area contributed by atoms with Crippen LogP contribution < -0.4 is 5.32 Å². The van der Waals surface area contributed by atoms with E-state index in [1.54, 1.807) is 0 Å². The summed E-state index contributed by atoms with van der Waals surface area (Å²) in [6.07, 6.45) is 45.9. The van der Waals surface area contributed by atoms with Gasteiger partial charge in [0, 0.05) is 6.42 Å². The second-order valence-corrected chi connectivity index (χ2v) is 17.2. The molecule has 1 amide bonds. The number of hydrogen-bond acceptors (Lipinski definition) is 5. The average Bonchev–Trinajstić information content (AvgIpc) is 3.18. The molecule has 0 aromatic heterocycles. The van der Waals surface area contributed by atoms with Gasteiger partial charge >= 0.3 is 5.97 Å². The Bertz CT molecular complexity index is 791. The summed E-state index contributed by atoms with van der Waals surface area (Å²) in [5, 5.41) is 23.7. The topological polar surface area (TPSA) is 95.9 Å². The van der Waals surface area contributed by atoms with Gasteiger partial charge in [0.05, 0.1) is 25.2 Å². The number of esters is 1. The molecule has 0 spiro atoms. The third-order valence-electron chi connectivity index (χ3n) is 11.7. The van der Waals surface area contributed by atoms with Gasteiger partial charge in [-0.1, -0.05) is 239 Å². The highest BCUT2D eigenvalue weighted by Gasteiger charge is 2.24. The minimum absolute atomic E-state index is 0.0872. The molecule has 0 radical (unpaired) electrons. The van der Waals surface area contributed by atoms with Crippen LogP contribution >= 0.6 is 0 Å². The SMILES string of the molecule is CCCCCCCCCCCCCCCCC(O)C(CO)NC(=O)CC(CCCCCCCCCCCCCC)OC(=O)CCCCCCCCCCCC. The number of aliphatic hydroxyl groups is 2. The monoisotopic (exact) mass is 780 g/mol. The molecule has 0 aliphatic heterocycles. The number of ether oxygens (including phenoxy) is 1. The highest BCUT2D eigenvalue weighted by Crippen LogP contribution is 2.18. The van der Waals surface area contributed by atoms with E-state index >= 15 is 0 Å². The smallest absolute Gasteiger partial charge is 0.306 e. The highest BCUT2D eigenvalue weighted by molar-refractivity contribution is 5.77. The minimum atomic E-state index is -0.778. The van der Waals surface area contributed by atoms with E-state index in [9.17, 15) is 19.8 Å². The first-order valence-corrected chi connectivity index (χ1v) is 24.8. The first-order valence-electron chi connectivity index (χ1n) is 24.8. The summed E-state index contributed by atoms with van der Waals surface area (Å²) in [6, 6.07) is -0.691. The summed E-state index contributed by atoms with van der Waals surface area (Å²) >= 11 is 0. The number of aliphatic hydroxyl groups excluding tert-OH is 2. The molecule has 0 heterocycles. The minimum Gasteiger partial charge on any atom is -0.462 e. The Balaban J connectivity index is 4.48. The standard InChI is InChI=1S/C49H97NO5/c1-4-7-10-13-16-19-22-24-25-27-29-32-35-38-41-47(52)46(44-51)50-48(53)43-45(40-37-34-31-28-26-23-20-17-14-11-8-5-2)55-49(54)42-39-36-33-30-21-18-15-12-9-6-3/h45-47,51-52H,4-44H2,1-3H3,(H,50,53). The third kappa shape index (κ3) is 39.5. The highest BCUT2D eigenvalue weighted by atomic mass is 16.5. The molecule has 0 fully saturated rings. The Morgan fingerprint density at radius 2 is 0.764 bits per heavy atom. The van der Waals surface area contributed by atoms with Gasteiger partial charge in [-0.15, -0.1) is 0 Å². The predicted octanol–water partition coefficient (Wildman–Crippen LogP) is 14.4. The van der Waals surface area contributed by atoms with E-state index in [1.807, 2.05) is 0 Å². The van der Waals surface area contributed by atoms with Crippen LogP contribution in [0.1, 0.15) is 278 Å². The number of nitrogens with one attached hydrogen (secondary N) is 1. The lowest BCUT2D eigenvalue weighted by Gasteiger charge is -2.24. The molecule has 0 saturated carbocycles. The molecular formula is C49H97NO5. The summed E-state index contributed by atoms with van der Waals surface area (Å²) in [5.74, 6) is -0.456. The quantitative estimate of drug-likeness (QED) is 0.0422. The van der Waals surface area contributed by atoms with Gasteiger partial charge in [-0.05, 0) is 25.7 Å². The molecule has 0 saturated heterocycles. The molecule has 0 rings (SSSR count). The normalized spacial score (nSPS) is 13.2. The zero-order valence-electron chi connectivity index (χ0n) is 37.3. The van der Waals surface area contributed by atoms with Gasteiger partial charge in [0.1, 0.15) is 6.10 Å². The molecule has 0 aromatic carbocycles. The second-order valence-electron chi connectivity index (χ2n) is 17.2. The first kappa shape index (κ1) is 53.9. The summed E-state index contributed by atoms with van der Waals surface area (Å²) in [7, 11) is 0. The van der Waals surface area contributed by atoms with Crippen LogP contribution in [0.2, 0.25) is 0 Å². The van der Waals surface area contributed by atoms with Gasteiger partial charge in [-0.3, -0.25) is 9.59 Å². The molecule has 0 aliphatic carbocycles. The number of amides is 1. The van der Waals surface area contributed by atoms with Gasteiger partial charge < -0.3 is 20.3 Å². The number of hydrogen-bond donors (Lipinski definition) is 3. The van der Waals surface area contributed by atoms with E-state index in [4.69, 9.17) is 4.74 Å². The molecule has 3 unspecified atom stereocenters. The second kappa shape index (κ2) is 44.0. The molecule has 55 heavy (non-hydrogen) atoms. The Hall–Kier alpha value is -1.14. The van der Waals surface area contributed by atoms with Crippen molar-refractivity contribution in [1.82, 2.24) is 5.32 Å². The van der Waals surface area contributed by atoms with Crippen LogP contribution in [-0.4, -0.2) is 46.9 Å². The van der Waals surface area contributed by atoms with Crippen molar-refractivity contribution < 1.29 is 24.5 Å². The van der Waals surface area contributed by atoms with E-state index < -0.39 is 18.2 Å². The molecule has 328 valence electrons. The lowest BCUT2D eigenvalue weighted by atomic mass is 10.0. The maximum Gasteiger partial charge on any atom is 0.306 e. The van der Waals surface area contributed by atoms with Crippen molar-refractivity contribution >= 4 is 11.9 Å². The predicted molar refractivity (Wildman–Crippen MR) is 237 cm³/mol. The van der Waals surface area contributed by atoms with Crippen LogP contribution in [0.25, 0.3) is 0 Å². The first-order chi connectivity index (χ1) is 27.0. The van der Waals surface area contributed by atoms with Gasteiger partial charge in [0.2, 0.25) is 5.91 Å². The van der Waals surface area contributed by atoms with Crippen molar-refractivity contribution in [3.8, 4) is 0 Å². The van der Waals surface area contributed by atoms with E-state index in [0.717, 1.165) is 44.9 Å². The molecule has 0 aromatic rings. The van der Waals surface area contributed by atoms with Crippen molar-refractivity contribution in [1.29, 1.82) is 0 Å². The van der Waals surface area contributed by atoms with Crippen LogP contribution in [0.5, 0.6) is 0 Å². The van der Waals surface area contributed by atoms with Crippen LogP contribution in [0.3, 0.4) is 0 Å². The molecule has 0 bridgehead atoms. The maximum atomic E-state index is 13.1. The fourth-order valence-electron chi connectivity index (χ4n) is 7.90. The summed E-state index contributed by atoms with van der Waals surface area (Å²) < 4.78 is 5.91. The van der Waals surface area contributed by atoms with Crippen molar-refractivity contribution in [2.24, 2.45) is 0 Å². The Morgan fingerprint density at radius 3 is 1.11 bits per heavy atom. The molecule has 6 nitrogen and oxygen atoms in total. The van der Waals surface area contributed by atoms with Crippen LogP contribution in [0.4, 0.5) is 0 Å². The molecule has 0 aliphatic rings. The van der Waals surface area contributed by atoms with Gasteiger partial charge in [-0.2, -0.15) is 0 Å². The molecule has 3 atom stereocenters. The molecule has 6 heteroatoms. The Kier molecular flexibility index (Phi) is 43.1. The number of unbranched alkanes of at least 4 members (excludes halogenated alkanes) is 33. The van der Waals surface area contributed by atoms with E-state index in [-0.39, 0.29) is 24.9 Å². The molecule has 3 N–H and O–H groups in total. The summed E-state index contributed by atoms with van der Waals surface area (Å²) in [6.45, 7) is 6.49. The third-order valence-corrected chi connectivity index (χ3v) is 11.7. The molecular weight excluding hydrogens is 683 g/mol. The van der Waals surface area contributed by atoms with Gasteiger partial charge in [-0.25, -0.2) is 0 Å². The van der Waals surface area contributed by atoms with E-state index in [0.29, 0.717) is 19.3 Å². The Labute approximate surface area is 343 Å². The van der Waals surface area contributed by atoms with E-state index in [1.165, 1.54) is 186 Å². The fraction of sp³-hybridized carbons (Fsp3) is 0.959. The largest absolute Gasteiger partial charge is 0.462 e. The zero-order chi connectivity index (χ0) is 40.3. The average molecular weight is 780 g/mol. The zero-order valence-corrected chi connectivity index (χ0v) is 37.3. The Morgan fingerprint density at radius 1 is 0.455 bits per heavy atom. The lowest BCUT2D eigenvalue weighted by Crippen LogP contribution is -2.46. The number of rotatable bonds is 45. The van der Waals surface area contributed by atoms with Crippen LogP contribution in [-0.2, 0) is 14.3 Å². The number of carbonyl (C=O) groups excluding carboxylic acids is 2. The van der Waals surface area contributed by atoms with E-state index in [2.05, 4.69) is 26.1 Å². The lowest BCUT2D eigenvalue weighted by molar-refractivity contribution is -0.151. The fourth-order valence-corrected chi connectivity index (χ4v) is 7.90. The van der Waals surface area contributed by atoms with Crippen molar-refractivity contribution in [3.05, 3.63) is 0 Å². The maximum absolute atomic E-state index is 13.1. The van der Waals surface area contributed by atoms with Crippen molar-refractivity contribution in [3.63, 3.8) is 0 Å². The van der Waals surface area contributed by atoms with Crippen LogP contribution in [0.15, 0.2) is 0 Å².